The predicted molar refractivity (Wildman–Crippen MR) is 73.5 cm³/mol. The number of hydrogen-bond donors (Lipinski definition) is 1. The molecule has 1 aromatic carbocycles. The lowest BCUT2D eigenvalue weighted by Gasteiger charge is -2.52. The summed E-state index contributed by atoms with van der Waals surface area (Å²) in [6.45, 7) is 1.45. The van der Waals surface area contributed by atoms with Crippen LogP contribution in [0.25, 0.3) is 0 Å². The number of amides is 1. The van der Waals surface area contributed by atoms with E-state index >= 15 is 0 Å². The molecule has 2 fully saturated rings. The molecule has 0 atom stereocenters. The standard InChI is InChI=1S/C13H13ClN2O5/c14-11-9(16(18)19)1-7(12(15)17)2-10(11)21-8-3-13(4-8)5-20-6-13/h1-2,8H,3-6H2,(H2,15,17). The number of primary amides is 1. The number of hydrogen-bond acceptors (Lipinski definition) is 5. The number of ether oxygens (including phenoxy) is 2. The Hall–Kier alpha value is -1.86. The lowest BCUT2D eigenvalue weighted by atomic mass is 9.65. The van der Waals surface area contributed by atoms with Crippen LogP contribution in [0.1, 0.15) is 23.2 Å². The second-order valence-corrected chi connectivity index (χ2v) is 5.95. The van der Waals surface area contributed by atoms with E-state index in [4.69, 9.17) is 26.8 Å². The summed E-state index contributed by atoms with van der Waals surface area (Å²) in [7, 11) is 0. The maximum atomic E-state index is 11.3. The number of rotatable bonds is 4. The highest BCUT2D eigenvalue weighted by Gasteiger charge is 2.51. The van der Waals surface area contributed by atoms with E-state index in [-0.39, 0.29) is 33.5 Å². The van der Waals surface area contributed by atoms with Gasteiger partial charge in [-0.3, -0.25) is 14.9 Å². The second kappa shape index (κ2) is 4.85. The SMILES string of the molecule is NC(=O)c1cc(OC2CC3(COC3)C2)c(Cl)c([N+](=O)[O-])c1. The van der Waals surface area contributed by atoms with Crippen molar-refractivity contribution in [1.82, 2.24) is 0 Å². The first-order chi connectivity index (χ1) is 9.90. The molecule has 0 aromatic heterocycles. The van der Waals surface area contributed by atoms with Gasteiger partial charge in [-0.05, 0) is 18.9 Å². The third kappa shape index (κ3) is 2.43. The Balaban J connectivity index is 1.83. The van der Waals surface area contributed by atoms with Crippen LogP contribution in [0.5, 0.6) is 5.75 Å². The quantitative estimate of drug-likeness (QED) is 0.675. The van der Waals surface area contributed by atoms with Crippen LogP contribution in [0.2, 0.25) is 5.02 Å². The van der Waals surface area contributed by atoms with Gasteiger partial charge in [-0.15, -0.1) is 0 Å². The van der Waals surface area contributed by atoms with E-state index in [0.717, 1.165) is 32.1 Å². The number of carbonyl (C=O) groups excluding carboxylic acids is 1. The molecule has 1 saturated heterocycles. The molecule has 1 saturated carbocycles. The molecule has 1 spiro atoms. The zero-order valence-corrected chi connectivity index (χ0v) is 11.8. The van der Waals surface area contributed by atoms with Gasteiger partial charge in [0.2, 0.25) is 5.91 Å². The van der Waals surface area contributed by atoms with Crippen molar-refractivity contribution in [3.8, 4) is 5.75 Å². The van der Waals surface area contributed by atoms with Gasteiger partial charge in [-0.2, -0.15) is 0 Å². The summed E-state index contributed by atoms with van der Waals surface area (Å²) in [6.07, 6.45) is 1.56. The van der Waals surface area contributed by atoms with Crippen LogP contribution in [-0.2, 0) is 4.74 Å². The van der Waals surface area contributed by atoms with Crippen LogP contribution in [-0.4, -0.2) is 30.1 Å². The Morgan fingerprint density at radius 2 is 2.14 bits per heavy atom. The van der Waals surface area contributed by atoms with Crippen molar-refractivity contribution in [2.24, 2.45) is 11.1 Å². The van der Waals surface area contributed by atoms with Crippen molar-refractivity contribution < 1.29 is 19.2 Å². The topological polar surface area (TPSA) is 105 Å². The minimum atomic E-state index is -0.767. The monoisotopic (exact) mass is 312 g/mol. The van der Waals surface area contributed by atoms with Gasteiger partial charge in [-0.1, -0.05) is 11.6 Å². The van der Waals surface area contributed by atoms with Gasteiger partial charge in [-0.25, -0.2) is 0 Å². The van der Waals surface area contributed by atoms with Gasteiger partial charge in [0.15, 0.2) is 5.02 Å². The summed E-state index contributed by atoms with van der Waals surface area (Å²) in [4.78, 5) is 21.6. The van der Waals surface area contributed by atoms with E-state index < -0.39 is 10.8 Å². The minimum Gasteiger partial charge on any atom is -0.489 e. The van der Waals surface area contributed by atoms with Crippen molar-refractivity contribution in [1.29, 1.82) is 0 Å². The maximum absolute atomic E-state index is 11.3. The van der Waals surface area contributed by atoms with E-state index in [2.05, 4.69) is 0 Å². The Kier molecular flexibility index (Phi) is 3.26. The number of benzene rings is 1. The van der Waals surface area contributed by atoms with Crippen molar-refractivity contribution in [3.63, 3.8) is 0 Å². The van der Waals surface area contributed by atoms with E-state index in [1.165, 1.54) is 6.07 Å². The molecular weight excluding hydrogens is 300 g/mol. The highest BCUT2D eigenvalue weighted by Crippen LogP contribution is 2.49. The van der Waals surface area contributed by atoms with Crippen molar-refractivity contribution >= 4 is 23.2 Å². The van der Waals surface area contributed by atoms with Gasteiger partial charge >= 0.3 is 0 Å². The number of nitro benzene ring substituents is 1. The molecule has 21 heavy (non-hydrogen) atoms. The van der Waals surface area contributed by atoms with E-state index in [1.807, 2.05) is 0 Å². The molecule has 0 bridgehead atoms. The first-order valence-corrected chi connectivity index (χ1v) is 6.80. The number of nitrogens with zero attached hydrogens (tertiary/aromatic N) is 1. The molecule has 112 valence electrons. The third-order valence-corrected chi connectivity index (χ3v) is 4.31. The average molecular weight is 313 g/mol. The molecule has 1 aliphatic heterocycles. The summed E-state index contributed by atoms with van der Waals surface area (Å²) in [6, 6.07) is 2.40. The zero-order chi connectivity index (χ0) is 15.2. The number of carbonyl (C=O) groups is 1. The average Bonchev–Trinajstić information content (AvgIpc) is 2.31. The smallest absolute Gasteiger partial charge is 0.292 e. The number of nitro groups is 1. The van der Waals surface area contributed by atoms with Gasteiger partial charge in [0, 0.05) is 17.0 Å². The van der Waals surface area contributed by atoms with Crippen LogP contribution in [0.3, 0.4) is 0 Å². The summed E-state index contributed by atoms with van der Waals surface area (Å²) >= 11 is 5.98. The molecule has 7 nitrogen and oxygen atoms in total. The molecule has 2 aliphatic rings. The normalized spacial score (nSPS) is 19.7. The molecular formula is C13H13ClN2O5. The summed E-state index contributed by atoms with van der Waals surface area (Å²) < 4.78 is 10.9. The molecule has 1 heterocycles. The molecule has 1 amide bonds. The Morgan fingerprint density at radius 3 is 2.62 bits per heavy atom. The summed E-state index contributed by atoms with van der Waals surface area (Å²) in [5, 5.41) is 10.9. The second-order valence-electron chi connectivity index (χ2n) is 5.57. The maximum Gasteiger partial charge on any atom is 0.292 e. The van der Waals surface area contributed by atoms with Crippen molar-refractivity contribution in [2.75, 3.05) is 13.2 Å². The van der Waals surface area contributed by atoms with Gasteiger partial charge in [0.25, 0.3) is 5.69 Å². The van der Waals surface area contributed by atoms with Crippen LogP contribution in [0.15, 0.2) is 12.1 Å². The fraction of sp³-hybridized carbons (Fsp3) is 0.462. The summed E-state index contributed by atoms with van der Waals surface area (Å²) in [5.41, 5.74) is 4.99. The minimum absolute atomic E-state index is 0.00196. The van der Waals surface area contributed by atoms with Crippen LogP contribution < -0.4 is 10.5 Å². The van der Waals surface area contributed by atoms with Crippen LogP contribution >= 0.6 is 11.6 Å². The van der Waals surface area contributed by atoms with Gasteiger partial charge in [0.1, 0.15) is 11.9 Å². The van der Waals surface area contributed by atoms with Crippen LogP contribution in [0.4, 0.5) is 5.69 Å². The molecule has 0 unspecified atom stereocenters. The van der Waals surface area contributed by atoms with Crippen molar-refractivity contribution in [2.45, 2.75) is 18.9 Å². The first kappa shape index (κ1) is 14.1. The van der Waals surface area contributed by atoms with Gasteiger partial charge < -0.3 is 15.2 Å². The number of nitrogens with two attached hydrogens (primary N) is 1. The number of halogens is 1. The van der Waals surface area contributed by atoms with Crippen molar-refractivity contribution in [3.05, 3.63) is 32.8 Å². The fourth-order valence-corrected chi connectivity index (χ4v) is 2.96. The zero-order valence-electron chi connectivity index (χ0n) is 11.0. The lowest BCUT2D eigenvalue weighted by molar-refractivity contribution is -0.384. The molecule has 1 aliphatic carbocycles. The molecule has 0 radical (unpaired) electrons. The molecule has 2 N–H and O–H groups in total. The Labute approximate surface area is 125 Å². The lowest BCUT2D eigenvalue weighted by Crippen LogP contribution is -2.56. The highest BCUT2D eigenvalue weighted by molar-refractivity contribution is 6.34. The fourth-order valence-electron chi connectivity index (χ4n) is 2.74. The van der Waals surface area contributed by atoms with E-state index in [1.54, 1.807) is 0 Å². The molecule has 8 heteroatoms. The van der Waals surface area contributed by atoms with E-state index in [9.17, 15) is 14.9 Å². The van der Waals surface area contributed by atoms with Crippen LogP contribution in [0, 0.1) is 15.5 Å². The highest BCUT2D eigenvalue weighted by atomic mass is 35.5. The largest absolute Gasteiger partial charge is 0.489 e. The van der Waals surface area contributed by atoms with Gasteiger partial charge in [0.05, 0.1) is 18.1 Å². The Morgan fingerprint density at radius 1 is 1.48 bits per heavy atom. The first-order valence-electron chi connectivity index (χ1n) is 6.42. The molecule has 3 rings (SSSR count). The third-order valence-electron chi connectivity index (χ3n) is 3.93. The predicted octanol–water partition coefficient (Wildman–Crippen LogP) is 1.90. The Bertz CT molecular complexity index is 621. The van der Waals surface area contributed by atoms with E-state index in [0.29, 0.717) is 0 Å². The summed E-state index contributed by atoms with van der Waals surface area (Å²) in [5.74, 6) is -0.642. The molecule has 1 aromatic rings.